The Morgan fingerprint density at radius 2 is 1.58 bits per heavy atom. The summed E-state index contributed by atoms with van der Waals surface area (Å²) in [5.41, 5.74) is 4.47. The largest absolute Gasteiger partial charge is 0.450 e. The number of rotatable bonds is 2. The summed E-state index contributed by atoms with van der Waals surface area (Å²) < 4.78 is 6.07. The molecule has 0 fully saturated rings. The van der Waals surface area contributed by atoms with Crippen molar-refractivity contribution >= 4 is 22.8 Å². The number of aromatic nitrogens is 2. The summed E-state index contributed by atoms with van der Waals surface area (Å²) in [5, 5.41) is 0.469. The fraction of sp³-hybridized carbons (Fsp3) is 0.259. The van der Waals surface area contributed by atoms with E-state index in [4.69, 9.17) is 4.42 Å². The normalized spacial score (nSPS) is 15.8. The van der Waals surface area contributed by atoms with Crippen LogP contribution < -0.4 is 10.3 Å². The first-order valence-electron chi connectivity index (χ1n) is 11.0. The standard InChI is InChI=1S/C27H25N3O3/c1-15-13-19-20(14-16(15)2)33-24-21(23(19)31)22(17-7-9-18(10-8-17)27(3,4)5)30(25(24)32)26-28-11-6-12-29-26/h6-14,22H,1-5H3. The quantitative estimate of drug-likeness (QED) is 0.427. The topological polar surface area (TPSA) is 76.3 Å². The molecule has 0 radical (unpaired) electrons. The van der Waals surface area contributed by atoms with Crippen LogP contribution in [0.1, 0.15) is 65.2 Å². The van der Waals surface area contributed by atoms with Crippen LogP contribution in [-0.2, 0) is 5.41 Å². The maximum absolute atomic E-state index is 13.7. The molecule has 166 valence electrons. The molecule has 5 rings (SSSR count). The lowest BCUT2D eigenvalue weighted by Crippen LogP contribution is -2.31. The Hall–Kier alpha value is -3.80. The molecule has 6 heteroatoms. The van der Waals surface area contributed by atoms with Gasteiger partial charge in [0.2, 0.25) is 11.7 Å². The molecule has 3 heterocycles. The van der Waals surface area contributed by atoms with Crippen molar-refractivity contribution in [3.8, 4) is 0 Å². The second kappa shape index (κ2) is 7.37. The molecule has 0 saturated carbocycles. The van der Waals surface area contributed by atoms with Crippen molar-refractivity contribution in [2.45, 2.75) is 46.1 Å². The highest BCUT2D eigenvalue weighted by atomic mass is 16.3. The lowest BCUT2D eigenvalue weighted by Gasteiger charge is -2.24. The van der Waals surface area contributed by atoms with Crippen molar-refractivity contribution < 1.29 is 9.21 Å². The number of anilines is 1. The number of nitrogens with zero attached hydrogens (tertiary/aromatic N) is 3. The molecule has 1 atom stereocenters. The third-order valence-corrected chi connectivity index (χ3v) is 6.35. The Morgan fingerprint density at radius 3 is 2.21 bits per heavy atom. The Balaban J connectivity index is 1.78. The highest BCUT2D eigenvalue weighted by Gasteiger charge is 2.45. The molecule has 2 aromatic carbocycles. The van der Waals surface area contributed by atoms with Crippen LogP contribution in [0.25, 0.3) is 11.0 Å². The minimum absolute atomic E-state index is 0.0191. The summed E-state index contributed by atoms with van der Waals surface area (Å²) >= 11 is 0. The number of fused-ring (bicyclic) bond motifs is 2. The molecule has 6 nitrogen and oxygen atoms in total. The van der Waals surface area contributed by atoms with Gasteiger partial charge in [0, 0.05) is 12.4 Å². The minimum Gasteiger partial charge on any atom is -0.450 e. The highest BCUT2D eigenvalue weighted by Crippen LogP contribution is 2.40. The smallest absolute Gasteiger partial charge is 0.297 e. The second-order valence-corrected chi connectivity index (χ2v) is 9.61. The van der Waals surface area contributed by atoms with E-state index in [1.807, 2.05) is 50.2 Å². The predicted molar refractivity (Wildman–Crippen MR) is 128 cm³/mol. The number of aryl methyl sites for hydroxylation is 2. The second-order valence-electron chi connectivity index (χ2n) is 9.61. The molecule has 4 aromatic rings. The molecular weight excluding hydrogens is 414 g/mol. The fourth-order valence-electron chi connectivity index (χ4n) is 4.33. The number of carbonyl (C=O) groups is 1. The van der Waals surface area contributed by atoms with Crippen LogP contribution in [-0.4, -0.2) is 15.9 Å². The summed E-state index contributed by atoms with van der Waals surface area (Å²) in [6.45, 7) is 10.3. The van der Waals surface area contributed by atoms with Gasteiger partial charge in [0.1, 0.15) is 5.58 Å². The van der Waals surface area contributed by atoms with Crippen LogP contribution in [0.15, 0.2) is 64.1 Å². The summed E-state index contributed by atoms with van der Waals surface area (Å²) in [7, 11) is 0. The summed E-state index contributed by atoms with van der Waals surface area (Å²) in [6.07, 6.45) is 3.16. The van der Waals surface area contributed by atoms with Crippen molar-refractivity contribution in [2.75, 3.05) is 4.90 Å². The molecular formula is C27H25N3O3. The fourth-order valence-corrected chi connectivity index (χ4v) is 4.33. The van der Waals surface area contributed by atoms with Gasteiger partial charge in [0.25, 0.3) is 5.91 Å². The average molecular weight is 440 g/mol. The van der Waals surface area contributed by atoms with E-state index < -0.39 is 11.9 Å². The zero-order chi connectivity index (χ0) is 23.5. The summed E-state index contributed by atoms with van der Waals surface area (Å²) in [5.74, 6) is -0.138. The highest BCUT2D eigenvalue weighted by molar-refractivity contribution is 6.09. The van der Waals surface area contributed by atoms with Gasteiger partial charge >= 0.3 is 0 Å². The number of benzene rings is 2. The molecule has 0 aliphatic carbocycles. The zero-order valence-corrected chi connectivity index (χ0v) is 19.3. The van der Waals surface area contributed by atoms with Gasteiger partial charge in [-0.3, -0.25) is 14.5 Å². The van der Waals surface area contributed by atoms with Gasteiger partial charge in [-0.2, -0.15) is 0 Å². The Bertz CT molecular complexity index is 1450. The number of carbonyl (C=O) groups excluding carboxylic acids is 1. The maximum atomic E-state index is 13.7. The van der Waals surface area contributed by atoms with E-state index in [-0.39, 0.29) is 22.6 Å². The first-order chi connectivity index (χ1) is 15.7. The van der Waals surface area contributed by atoms with Gasteiger partial charge in [0.15, 0.2) is 5.43 Å². The first kappa shape index (κ1) is 21.1. The van der Waals surface area contributed by atoms with E-state index in [1.54, 1.807) is 18.5 Å². The molecule has 0 saturated heterocycles. The maximum Gasteiger partial charge on any atom is 0.297 e. The minimum atomic E-state index is -0.675. The zero-order valence-electron chi connectivity index (χ0n) is 19.3. The lowest BCUT2D eigenvalue weighted by molar-refractivity contribution is 0.0969. The van der Waals surface area contributed by atoms with Gasteiger partial charge in [-0.1, -0.05) is 45.0 Å². The third-order valence-electron chi connectivity index (χ3n) is 6.35. The Labute approximate surface area is 191 Å². The molecule has 1 aliphatic heterocycles. The first-order valence-corrected chi connectivity index (χ1v) is 11.0. The SMILES string of the molecule is Cc1cc2oc3c(c(=O)c2cc1C)C(c1ccc(C(C)(C)C)cc1)N(c1ncccn1)C3=O. The monoisotopic (exact) mass is 439 g/mol. The number of hydrogen-bond acceptors (Lipinski definition) is 5. The van der Waals surface area contributed by atoms with E-state index in [0.717, 1.165) is 22.3 Å². The van der Waals surface area contributed by atoms with Crippen LogP contribution in [0.3, 0.4) is 0 Å². The van der Waals surface area contributed by atoms with Crippen molar-refractivity contribution in [1.29, 1.82) is 0 Å². The van der Waals surface area contributed by atoms with Crippen molar-refractivity contribution in [1.82, 2.24) is 9.97 Å². The van der Waals surface area contributed by atoms with Crippen molar-refractivity contribution in [2.24, 2.45) is 0 Å². The van der Waals surface area contributed by atoms with Gasteiger partial charge < -0.3 is 4.42 Å². The van der Waals surface area contributed by atoms with Crippen LogP contribution >= 0.6 is 0 Å². The van der Waals surface area contributed by atoms with E-state index >= 15 is 0 Å². The predicted octanol–water partition coefficient (Wildman–Crippen LogP) is 5.25. The van der Waals surface area contributed by atoms with Crippen molar-refractivity contribution in [3.63, 3.8) is 0 Å². The van der Waals surface area contributed by atoms with Gasteiger partial charge in [0.05, 0.1) is 17.0 Å². The molecule has 0 N–H and O–H groups in total. The van der Waals surface area contributed by atoms with Gasteiger partial charge in [-0.15, -0.1) is 0 Å². The Kier molecular flexibility index (Phi) is 4.71. The third kappa shape index (κ3) is 3.33. The van der Waals surface area contributed by atoms with Crippen LogP contribution in [0.2, 0.25) is 0 Å². The van der Waals surface area contributed by atoms with Crippen molar-refractivity contribution in [3.05, 3.63) is 98.7 Å². The molecule has 1 aliphatic rings. The molecule has 0 spiro atoms. The van der Waals surface area contributed by atoms with Crippen LogP contribution in [0.4, 0.5) is 5.95 Å². The molecule has 1 amide bonds. The molecule has 1 unspecified atom stereocenters. The van der Waals surface area contributed by atoms with Crippen LogP contribution in [0.5, 0.6) is 0 Å². The summed E-state index contributed by atoms with van der Waals surface area (Å²) in [4.78, 5) is 37.4. The van der Waals surface area contributed by atoms with E-state index in [1.165, 1.54) is 4.90 Å². The number of amides is 1. The van der Waals surface area contributed by atoms with E-state index in [2.05, 4.69) is 30.7 Å². The molecule has 0 bridgehead atoms. The Morgan fingerprint density at radius 1 is 0.939 bits per heavy atom. The molecule has 2 aromatic heterocycles. The summed E-state index contributed by atoms with van der Waals surface area (Å²) in [6, 6.07) is 12.7. The van der Waals surface area contributed by atoms with Crippen LogP contribution in [0, 0.1) is 13.8 Å². The number of hydrogen-bond donors (Lipinski definition) is 0. The van der Waals surface area contributed by atoms with E-state index in [9.17, 15) is 9.59 Å². The van der Waals surface area contributed by atoms with Gasteiger partial charge in [-0.25, -0.2) is 9.97 Å². The van der Waals surface area contributed by atoms with Gasteiger partial charge in [-0.05, 0) is 59.7 Å². The van der Waals surface area contributed by atoms with E-state index in [0.29, 0.717) is 16.5 Å². The lowest BCUT2D eigenvalue weighted by atomic mass is 9.86. The average Bonchev–Trinajstić information content (AvgIpc) is 3.08. The molecule has 33 heavy (non-hydrogen) atoms.